The highest BCUT2D eigenvalue weighted by Crippen LogP contribution is 2.15. The van der Waals surface area contributed by atoms with Crippen molar-refractivity contribution >= 4 is 21.6 Å². The van der Waals surface area contributed by atoms with Crippen LogP contribution in [-0.2, 0) is 11.3 Å². The summed E-state index contributed by atoms with van der Waals surface area (Å²) in [6.45, 7) is 4.03. The lowest BCUT2D eigenvalue weighted by molar-refractivity contribution is 0.194. The Bertz CT molecular complexity index is 406. The SMILES string of the molecule is CCn1ncc(NCCCCOC)c(Br)c1=O. The van der Waals surface area contributed by atoms with E-state index in [2.05, 4.69) is 26.3 Å². The maximum Gasteiger partial charge on any atom is 0.283 e. The molecule has 0 bridgehead atoms. The molecule has 0 fully saturated rings. The molecule has 0 aliphatic carbocycles. The van der Waals surface area contributed by atoms with E-state index in [1.807, 2.05) is 6.92 Å². The number of nitrogens with zero attached hydrogens (tertiary/aromatic N) is 2. The molecule has 0 unspecified atom stereocenters. The van der Waals surface area contributed by atoms with Gasteiger partial charge in [-0.25, -0.2) is 4.68 Å². The maximum absolute atomic E-state index is 11.7. The molecule has 5 nitrogen and oxygen atoms in total. The number of rotatable bonds is 7. The average Bonchev–Trinajstić information content (AvgIpc) is 2.34. The number of methoxy groups -OCH3 is 1. The molecule has 96 valence electrons. The summed E-state index contributed by atoms with van der Waals surface area (Å²) in [5.41, 5.74) is 0.645. The third-order valence-electron chi connectivity index (χ3n) is 2.38. The lowest BCUT2D eigenvalue weighted by atomic mass is 10.3. The summed E-state index contributed by atoms with van der Waals surface area (Å²) in [7, 11) is 1.69. The number of aryl methyl sites for hydroxylation is 1. The molecule has 1 heterocycles. The summed E-state index contributed by atoms with van der Waals surface area (Å²) < 4.78 is 6.92. The van der Waals surface area contributed by atoms with Gasteiger partial charge in [-0.05, 0) is 35.7 Å². The van der Waals surface area contributed by atoms with Gasteiger partial charge >= 0.3 is 0 Å². The molecule has 0 atom stereocenters. The Morgan fingerprint density at radius 1 is 1.53 bits per heavy atom. The molecular weight excluding hydrogens is 286 g/mol. The zero-order valence-electron chi connectivity index (χ0n) is 10.2. The molecule has 0 radical (unpaired) electrons. The molecule has 17 heavy (non-hydrogen) atoms. The van der Waals surface area contributed by atoms with Crippen LogP contribution in [0.15, 0.2) is 15.5 Å². The maximum atomic E-state index is 11.7. The van der Waals surface area contributed by atoms with Crippen LogP contribution in [0.1, 0.15) is 19.8 Å². The third kappa shape index (κ3) is 4.12. The number of halogens is 1. The fourth-order valence-corrected chi connectivity index (χ4v) is 1.86. The Morgan fingerprint density at radius 3 is 2.94 bits per heavy atom. The third-order valence-corrected chi connectivity index (χ3v) is 3.14. The molecule has 0 spiro atoms. The second-order valence-corrected chi connectivity index (χ2v) is 4.41. The fraction of sp³-hybridized carbons (Fsp3) is 0.636. The standard InChI is InChI=1S/C11H18BrN3O2/c1-3-15-11(16)10(12)9(8-14-15)13-6-4-5-7-17-2/h8,13H,3-7H2,1-2H3. The van der Waals surface area contributed by atoms with Crippen molar-refractivity contribution < 1.29 is 4.74 Å². The summed E-state index contributed by atoms with van der Waals surface area (Å²) in [4.78, 5) is 11.7. The number of aromatic nitrogens is 2. The van der Waals surface area contributed by atoms with Crippen molar-refractivity contribution in [2.45, 2.75) is 26.3 Å². The van der Waals surface area contributed by atoms with Crippen molar-refractivity contribution in [3.8, 4) is 0 Å². The summed E-state index contributed by atoms with van der Waals surface area (Å²) in [6.07, 6.45) is 3.67. The fourth-order valence-electron chi connectivity index (χ4n) is 1.41. The monoisotopic (exact) mass is 303 g/mol. The predicted octanol–water partition coefficient (Wildman–Crippen LogP) is 1.86. The van der Waals surface area contributed by atoms with Crippen LogP contribution in [0.25, 0.3) is 0 Å². The number of unbranched alkanes of at least 4 members (excludes halogenated alkanes) is 1. The van der Waals surface area contributed by atoms with Crippen LogP contribution in [0.3, 0.4) is 0 Å². The van der Waals surface area contributed by atoms with Gasteiger partial charge in [-0.1, -0.05) is 0 Å². The van der Waals surface area contributed by atoms with E-state index in [1.165, 1.54) is 4.68 Å². The van der Waals surface area contributed by atoms with Crippen LogP contribution in [0, 0.1) is 0 Å². The van der Waals surface area contributed by atoms with Gasteiger partial charge in [-0.3, -0.25) is 4.79 Å². The highest BCUT2D eigenvalue weighted by atomic mass is 79.9. The minimum Gasteiger partial charge on any atom is -0.385 e. The first-order valence-electron chi connectivity index (χ1n) is 5.69. The highest BCUT2D eigenvalue weighted by molar-refractivity contribution is 9.10. The number of ether oxygens (including phenoxy) is 1. The zero-order chi connectivity index (χ0) is 12.7. The molecule has 0 saturated heterocycles. The van der Waals surface area contributed by atoms with Crippen LogP contribution >= 0.6 is 15.9 Å². The minimum absolute atomic E-state index is 0.102. The normalized spacial score (nSPS) is 10.5. The van der Waals surface area contributed by atoms with Crippen LogP contribution < -0.4 is 10.9 Å². The second-order valence-electron chi connectivity index (χ2n) is 3.62. The van der Waals surface area contributed by atoms with E-state index in [-0.39, 0.29) is 5.56 Å². The Balaban J connectivity index is 2.55. The molecule has 0 saturated carbocycles. The lowest BCUT2D eigenvalue weighted by Crippen LogP contribution is -2.23. The first-order valence-corrected chi connectivity index (χ1v) is 6.48. The molecule has 1 aromatic rings. The van der Waals surface area contributed by atoms with Crippen LogP contribution in [0.4, 0.5) is 5.69 Å². The second kappa shape index (κ2) is 7.45. The molecule has 1 rings (SSSR count). The summed E-state index contributed by atoms with van der Waals surface area (Å²) in [6, 6.07) is 0. The van der Waals surface area contributed by atoms with E-state index in [9.17, 15) is 4.79 Å². The van der Waals surface area contributed by atoms with Crippen molar-refractivity contribution in [3.63, 3.8) is 0 Å². The van der Waals surface area contributed by atoms with E-state index < -0.39 is 0 Å². The molecule has 0 aromatic carbocycles. The number of hydrogen-bond acceptors (Lipinski definition) is 4. The largest absolute Gasteiger partial charge is 0.385 e. The highest BCUT2D eigenvalue weighted by Gasteiger charge is 2.06. The van der Waals surface area contributed by atoms with Gasteiger partial charge in [-0.15, -0.1) is 0 Å². The van der Waals surface area contributed by atoms with Crippen LogP contribution in [0.2, 0.25) is 0 Å². The van der Waals surface area contributed by atoms with Crippen molar-refractivity contribution in [2.24, 2.45) is 0 Å². The Labute approximate surface area is 109 Å². The summed E-state index contributed by atoms with van der Waals surface area (Å²) >= 11 is 3.29. The lowest BCUT2D eigenvalue weighted by Gasteiger charge is -2.09. The van der Waals surface area contributed by atoms with Gasteiger partial charge in [-0.2, -0.15) is 5.10 Å². The Morgan fingerprint density at radius 2 is 2.29 bits per heavy atom. The molecule has 1 aromatic heterocycles. The minimum atomic E-state index is -0.102. The molecule has 0 amide bonds. The van der Waals surface area contributed by atoms with Crippen molar-refractivity contribution in [1.82, 2.24) is 9.78 Å². The Hall–Kier alpha value is -0.880. The number of hydrogen-bond donors (Lipinski definition) is 1. The van der Waals surface area contributed by atoms with Gasteiger partial charge in [0.25, 0.3) is 5.56 Å². The quantitative estimate of drug-likeness (QED) is 0.781. The van der Waals surface area contributed by atoms with E-state index in [0.717, 1.165) is 31.7 Å². The van der Waals surface area contributed by atoms with Crippen molar-refractivity contribution in [3.05, 3.63) is 21.0 Å². The zero-order valence-corrected chi connectivity index (χ0v) is 11.8. The van der Waals surface area contributed by atoms with E-state index in [0.29, 0.717) is 11.0 Å². The van der Waals surface area contributed by atoms with Gasteiger partial charge in [0.2, 0.25) is 0 Å². The molecular formula is C11H18BrN3O2. The molecule has 0 aliphatic heterocycles. The summed E-state index contributed by atoms with van der Waals surface area (Å²) in [5, 5.41) is 7.25. The van der Waals surface area contributed by atoms with Crippen LogP contribution in [-0.4, -0.2) is 30.0 Å². The molecule has 1 N–H and O–H groups in total. The van der Waals surface area contributed by atoms with Gasteiger partial charge in [0.1, 0.15) is 4.47 Å². The number of anilines is 1. The van der Waals surface area contributed by atoms with Crippen molar-refractivity contribution in [1.29, 1.82) is 0 Å². The van der Waals surface area contributed by atoms with Gasteiger partial charge in [0.15, 0.2) is 0 Å². The van der Waals surface area contributed by atoms with E-state index in [4.69, 9.17) is 4.74 Å². The average molecular weight is 304 g/mol. The van der Waals surface area contributed by atoms with E-state index in [1.54, 1.807) is 13.3 Å². The Kier molecular flexibility index (Phi) is 6.21. The van der Waals surface area contributed by atoms with Gasteiger partial charge in [0.05, 0.1) is 11.9 Å². The first kappa shape index (κ1) is 14.2. The molecule has 6 heteroatoms. The molecule has 0 aliphatic rings. The van der Waals surface area contributed by atoms with E-state index >= 15 is 0 Å². The summed E-state index contributed by atoms with van der Waals surface area (Å²) in [5.74, 6) is 0. The predicted molar refractivity (Wildman–Crippen MR) is 71.5 cm³/mol. The number of nitrogens with one attached hydrogen (secondary N) is 1. The van der Waals surface area contributed by atoms with Gasteiger partial charge < -0.3 is 10.1 Å². The smallest absolute Gasteiger partial charge is 0.283 e. The van der Waals surface area contributed by atoms with Gasteiger partial charge in [0, 0.05) is 26.8 Å². The first-order chi connectivity index (χ1) is 8.20. The topological polar surface area (TPSA) is 56.1 Å². The van der Waals surface area contributed by atoms with Crippen LogP contribution in [0.5, 0.6) is 0 Å². The van der Waals surface area contributed by atoms with Crippen molar-refractivity contribution in [2.75, 3.05) is 25.6 Å².